The quantitative estimate of drug-likeness (QED) is 0.733. The maximum absolute atomic E-state index is 11.8. The van der Waals surface area contributed by atoms with E-state index in [-0.39, 0.29) is 6.03 Å². The molecular weight excluding hydrogens is 238 g/mol. The molecule has 0 saturated carbocycles. The van der Waals surface area contributed by atoms with E-state index in [9.17, 15) is 4.79 Å². The van der Waals surface area contributed by atoms with Crippen LogP contribution in [0, 0.1) is 0 Å². The predicted octanol–water partition coefficient (Wildman–Crippen LogP) is 3.40. The normalized spacial score (nSPS) is 9.74. The van der Waals surface area contributed by atoms with Crippen molar-refractivity contribution in [1.29, 1.82) is 0 Å². The zero-order chi connectivity index (χ0) is 13.5. The molecule has 0 heterocycles. The van der Waals surface area contributed by atoms with Gasteiger partial charge in [0.25, 0.3) is 0 Å². The van der Waals surface area contributed by atoms with E-state index in [0.29, 0.717) is 0 Å². The van der Waals surface area contributed by atoms with E-state index in [1.54, 1.807) is 0 Å². The molecule has 0 aliphatic rings. The number of hydrazine groups is 1. The largest absolute Gasteiger partial charge is 0.337 e. The first kappa shape index (κ1) is 13.0. The van der Waals surface area contributed by atoms with Crippen molar-refractivity contribution in [2.24, 2.45) is 0 Å². The van der Waals surface area contributed by atoms with Crippen LogP contribution in [-0.4, -0.2) is 6.03 Å². The number of hydrogen-bond donors (Lipinski definition) is 3. The van der Waals surface area contributed by atoms with E-state index in [0.717, 1.165) is 23.4 Å². The summed E-state index contributed by atoms with van der Waals surface area (Å²) in [6, 6.07) is 16.9. The lowest BCUT2D eigenvalue weighted by Crippen LogP contribution is -2.33. The van der Waals surface area contributed by atoms with Gasteiger partial charge in [-0.2, -0.15) is 0 Å². The predicted molar refractivity (Wildman–Crippen MR) is 78.0 cm³/mol. The Kier molecular flexibility index (Phi) is 4.39. The third-order valence-corrected chi connectivity index (χ3v) is 2.74. The number of hydrogen-bond acceptors (Lipinski definition) is 2. The SMILES string of the molecule is CCc1ccccc1NC(=O)NNc1ccccc1. The summed E-state index contributed by atoms with van der Waals surface area (Å²) in [6.45, 7) is 2.06. The Morgan fingerprint density at radius 2 is 1.68 bits per heavy atom. The van der Waals surface area contributed by atoms with Crippen LogP contribution in [0.5, 0.6) is 0 Å². The minimum Gasteiger partial charge on any atom is -0.306 e. The van der Waals surface area contributed by atoms with E-state index in [4.69, 9.17) is 0 Å². The molecule has 0 saturated heterocycles. The highest BCUT2D eigenvalue weighted by Gasteiger charge is 2.04. The molecule has 4 nitrogen and oxygen atoms in total. The maximum Gasteiger partial charge on any atom is 0.337 e. The molecule has 0 unspecified atom stereocenters. The molecule has 19 heavy (non-hydrogen) atoms. The van der Waals surface area contributed by atoms with E-state index >= 15 is 0 Å². The monoisotopic (exact) mass is 255 g/mol. The molecule has 2 rings (SSSR count). The Balaban J connectivity index is 1.91. The summed E-state index contributed by atoms with van der Waals surface area (Å²) >= 11 is 0. The third kappa shape index (κ3) is 3.74. The first-order valence-electron chi connectivity index (χ1n) is 6.25. The molecule has 0 fully saturated rings. The minimum atomic E-state index is -0.287. The summed E-state index contributed by atoms with van der Waals surface area (Å²) in [5.74, 6) is 0. The highest BCUT2D eigenvalue weighted by molar-refractivity contribution is 5.90. The molecule has 0 bridgehead atoms. The van der Waals surface area contributed by atoms with Gasteiger partial charge in [0.2, 0.25) is 0 Å². The standard InChI is InChI=1S/C15H17N3O/c1-2-12-8-6-7-11-14(12)16-15(19)18-17-13-9-4-3-5-10-13/h3-11,17H,2H2,1H3,(H2,16,18,19). The fourth-order valence-electron chi connectivity index (χ4n) is 1.75. The molecule has 98 valence electrons. The van der Waals surface area contributed by atoms with Crippen LogP contribution in [0.1, 0.15) is 12.5 Å². The Labute approximate surface area is 112 Å². The van der Waals surface area contributed by atoms with Crippen molar-refractivity contribution in [2.75, 3.05) is 10.7 Å². The second kappa shape index (κ2) is 6.44. The second-order valence-corrected chi connectivity index (χ2v) is 4.08. The van der Waals surface area contributed by atoms with Crippen molar-refractivity contribution >= 4 is 17.4 Å². The number of anilines is 2. The average Bonchev–Trinajstić information content (AvgIpc) is 2.47. The molecule has 2 aromatic rings. The lowest BCUT2D eigenvalue weighted by atomic mass is 10.1. The van der Waals surface area contributed by atoms with Gasteiger partial charge in [-0.1, -0.05) is 43.3 Å². The lowest BCUT2D eigenvalue weighted by molar-refractivity contribution is 0.254. The fourth-order valence-corrected chi connectivity index (χ4v) is 1.75. The minimum absolute atomic E-state index is 0.287. The Hall–Kier alpha value is -2.49. The molecule has 0 aliphatic heterocycles. The molecule has 0 aromatic heterocycles. The summed E-state index contributed by atoms with van der Waals surface area (Å²) < 4.78 is 0. The number of amides is 2. The summed E-state index contributed by atoms with van der Waals surface area (Å²) in [5.41, 5.74) is 8.21. The van der Waals surface area contributed by atoms with E-state index < -0.39 is 0 Å². The van der Waals surface area contributed by atoms with E-state index in [1.807, 2.05) is 54.6 Å². The van der Waals surface area contributed by atoms with Crippen LogP contribution in [0.3, 0.4) is 0 Å². The van der Waals surface area contributed by atoms with Gasteiger partial charge < -0.3 is 5.32 Å². The molecule has 0 radical (unpaired) electrons. The topological polar surface area (TPSA) is 53.2 Å². The van der Waals surface area contributed by atoms with Gasteiger partial charge in [-0.3, -0.25) is 10.9 Å². The zero-order valence-electron chi connectivity index (χ0n) is 10.8. The van der Waals surface area contributed by atoms with Crippen molar-refractivity contribution in [1.82, 2.24) is 5.43 Å². The Morgan fingerprint density at radius 3 is 2.42 bits per heavy atom. The van der Waals surface area contributed by atoms with Crippen molar-refractivity contribution in [3.63, 3.8) is 0 Å². The molecule has 2 amide bonds. The van der Waals surface area contributed by atoms with Gasteiger partial charge in [-0.05, 0) is 30.2 Å². The van der Waals surface area contributed by atoms with Crippen molar-refractivity contribution in [3.05, 3.63) is 60.2 Å². The van der Waals surface area contributed by atoms with Crippen molar-refractivity contribution < 1.29 is 4.79 Å². The number of aryl methyl sites for hydroxylation is 1. The molecule has 3 N–H and O–H groups in total. The average molecular weight is 255 g/mol. The van der Waals surface area contributed by atoms with Gasteiger partial charge in [0.05, 0.1) is 5.69 Å². The Morgan fingerprint density at radius 1 is 1.00 bits per heavy atom. The first-order valence-corrected chi connectivity index (χ1v) is 6.25. The van der Waals surface area contributed by atoms with Gasteiger partial charge in [0, 0.05) is 5.69 Å². The highest BCUT2D eigenvalue weighted by atomic mass is 16.2. The second-order valence-electron chi connectivity index (χ2n) is 4.08. The van der Waals surface area contributed by atoms with Crippen LogP contribution in [0.15, 0.2) is 54.6 Å². The van der Waals surface area contributed by atoms with Crippen LogP contribution in [0.4, 0.5) is 16.2 Å². The van der Waals surface area contributed by atoms with Gasteiger partial charge in [-0.25, -0.2) is 4.79 Å². The van der Waals surface area contributed by atoms with Gasteiger partial charge >= 0.3 is 6.03 Å². The molecule has 2 aromatic carbocycles. The van der Waals surface area contributed by atoms with Crippen LogP contribution >= 0.6 is 0 Å². The van der Waals surface area contributed by atoms with Crippen molar-refractivity contribution in [2.45, 2.75) is 13.3 Å². The maximum atomic E-state index is 11.8. The number of rotatable bonds is 4. The number of carbonyl (C=O) groups is 1. The first-order chi connectivity index (χ1) is 9.29. The van der Waals surface area contributed by atoms with Crippen LogP contribution in [0.2, 0.25) is 0 Å². The highest BCUT2D eigenvalue weighted by Crippen LogP contribution is 2.15. The molecule has 4 heteroatoms. The van der Waals surface area contributed by atoms with Crippen LogP contribution < -0.4 is 16.2 Å². The molecule has 0 aliphatic carbocycles. The molecule has 0 spiro atoms. The summed E-state index contributed by atoms with van der Waals surface area (Å²) in [6.07, 6.45) is 0.878. The number of nitrogens with one attached hydrogen (secondary N) is 3. The van der Waals surface area contributed by atoms with Gasteiger partial charge in [-0.15, -0.1) is 0 Å². The number of benzene rings is 2. The van der Waals surface area contributed by atoms with Crippen molar-refractivity contribution in [3.8, 4) is 0 Å². The number of para-hydroxylation sites is 2. The van der Waals surface area contributed by atoms with Gasteiger partial charge in [0.15, 0.2) is 0 Å². The summed E-state index contributed by atoms with van der Waals surface area (Å²) in [4.78, 5) is 11.8. The number of carbonyl (C=O) groups excluding carboxylic acids is 1. The molecule has 0 atom stereocenters. The molecular formula is C15H17N3O. The van der Waals surface area contributed by atoms with E-state index in [2.05, 4.69) is 23.1 Å². The van der Waals surface area contributed by atoms with E-state index in [1.165, 1.54) is 0 Å². The Bertz CT molecular complexity index is 540. The van der Waals surface area contributed by atoms with Gasteiger partial charge in [0.1, 0.15) is 0 Å². The fraction of sp³-hybridized carbons (Fsp3) is 0.133. The lowest BCUT2D eigenvalue weighted by Gasteiger charge is -2.12. The zero-order valence-corrected chi connectivity index (χ0v) is 10.8. The third-order valence-electron chi connectivity index (χ3n) is 2.74. The summed E-state index contributed by atoms with van der Waals surface area (Å²) in [7, 11) is 0. The van der Waals surface area contributed by atoms with Crippen LogP contribution in [-0.2, 0) is 6.42 Å². The smallest absolute Gasteiger partial charge is 0.306 e. The summed E-state index contributed by atoms with van der Waals surface area (Å²) in [5, 5.41) is 2.82. The number of urea groups is 1. The van der Waals surface area contributed by atoms with Crippen LogP contribution in [0.25, 0.3) is 0 Å².